The Bertz CT molecular complexity index is 632. The summed E-state index contributed by atoms with van der Waals surface area (Å²) in [4.78, 5) is 10.7. The summed E-state index contributed by atoms with van der Waals surface area (Å²) in [6.45, 7) is 0. The number of hydrogen-bond acceptors (Lipinski definition) is 2. The van der Waals surface area contributed by atoms with E-state index in [9.17, 15) is 23.1 Å². The molecule has 0 fully saturated rings. The number of rotatable bonds is 1. The summed E-state index contributed by atoms with van der Waals surface area (Å²) in [6, 6.07) is 4.78. The molecule has 0 saturated heterocycles. The van der Waals surface area contributed by atoms with Crippen molar-refractivity contribution >= 4 is 16.7 Å². The van der Waals surface area contributed by atoms with Gasteiger partial charge in [-0.15, -0.1) is 0 Å². The van der Waals surface area contributed by atoms with Gasteiger partial charge in [-0.3, -0.25) is 0 Å². The second-order valence-corrected chi connectivity index (χ2v) is 3.71. The summed E-state index contributed by atoms with van der Waals surface area (Å²) in [5.74, 6) is -2.19. The number of carbonyl (C=O) groups is 1. The van der Waals surface area contributed by atoms with Crippen LogP contribution in [0.1, 0.15) is 15.9 Å². The van der Waals surface area contributed by atoms with E-state index in [-0.39, 0.29) is 10.8 Å². The minimum absolute atomic E-state index is 0.0711. The Balaban J connectivity index is 2.69. The molecule has 0 aliphatic heterocycles. The van der Waals surface area contributed by atoms with Gasteiger partial charge in [0.25, 0.3) is 0 Å². The largest absolute Gasteiger partial charge is 0.872 e. The molecule has 0 atom stereocenters. The summed E-state index contributed by atoms with van der Waals surface area (Å²) in [5.41, 5.74) is -1.42. The molecule has 0 bridgehead atoms. The number of aromatic carboxylic acids is 1. The zero-order valence-electron chi connectivity index (χ0n) is 8.78. The van der Waals surface area contributed by atoms with Crippen LogP contribution in [-0.2, 0) is 6.18 Å². The van der Waals surface area contributed by atoms with Crippen LogP contribution in [0.5, 0.6) is 5.75 Å². The van der Waals surface area contributed by atoms with Gasteiger partial charge in [-0.05, 0) is 29.0 Å². The number of fused-ring (bicyclic) bond motifs is 1. The minimum atomic E-state index is -4.51. The van der Waals surface area contributed by atoms with Gasteiger partial charge in [0.2, 0.25) is 0 Å². The summed E-state index contributed by atoms with van der Waals surface area (Å²) in [6.07, 6.45) is -4.51. The summed E-state index contributed by atoms with van der Waals surface area (Å²) >= 11 is 0. The molecule has 0 radical (unpaired) electrons. The Kier molecular flexibility index (Phi) is 2.65. The van der Waals surface area contributed by atoms with Crippen LogP contribution < -0.4 is 5.11 Å². The quantitative estimate of drug-likeness (QED) is 0.852. The van der Waals surface area contributed by atoms with Crippen LogP contribution in [0, 0.1) is 0 Å². The monoisotopic (exact) mass is 255 g/mol. The fraction of sp³-hybridized carbons (Fsp3) is 0.0833. The number of carboxylic acid groups (broad SMARTS) is 1. The smallest absolute Gasteiger partial charge is 0.416 e. The highest BCUT2D eigenvalue weighted by atomic mass is 19.4. The minimum Gasteiger partial charge on any atom is -0.872 e. The molecule has 2 aromatic rings. The molecule has 2 rings (SSSR count). The molecule has 0 spiro atoms. The standard InChI is InChI=1S/C12H7F3O3/c13-12(14,15)8-2-1-6-5-10(16)9(11(17)18)4-7(6)3-8/h1-5,16H,(H,17,18)/p-1. The van der Waals surface area contributed by atoms with E-state index in [1.165, 1.54) is 0 Å². The Morgan fingerprint density at radius 1 is 1.11 bits per heavy atom. The predicted molar refractivity (Wildman–Crippen MR) is 55.4 cm³/mol. The van der Waals surface area contributed by atoms with E-state index < -0.39 is 29.0 Å². The van der Waals surface area contributed by atoms with Crippen LogP contribution in [0.2, 0.25) is 0 Å². The second-order valence-electron chi connectivity index (χ2n) is 3.71. The van der Waals surface area contributed by atoms with E-state index in [0.29, 0.717) is 0 Å². The maximum absolute atomic E-state index is 12.5. The van der Waals surface area contributed by atoms with Gasteiger partial charge < -0.3 is 10.2 Å². The first-order valence-electron chi connectivity index (χ1n) is 4.84. The van der Waals surface area contributed by atoms with Crippen LogP contribution in [0.25, 0.3) is 10.8 Å². The lowest BCUT2D eigenvalue weighted by molar-refractivity contribution is -0.268. The van der Waals surface area contributed by atoms with Crippen molar-refractivity contribution in [1.82, 2.24) is 0 Å². The average molecular weight is 255 g/mol. The van der Waals surface area contributed by atoms with Crippen molar-refractivity contribution in [2.45, 2.75) is 6.18 Å². The molecule has 18 heavy (non-hydrogen) atoms. The molecule has 0 aliphatic rings. The number of alkyl halides is 3. The van der Waals surface area contributed by atoms with Crippen molar-refractivity contribution in [3.63, 3.8) is 0 Å². The molecule has 94 valence electrons. The van der Waals surface area contributed by atoms with E-state index in [2.05, 4.69) is 0 Å². The van der Waals surface area contributed by atoms with Crippen LogP contribution in [0.15, 0.2) is 30.3 Å². The van der Waals surface area contributed by atoms with Crippen molar-refractivity contribution in [2.75, 3.05) is 0 Å². The van der Waals surface area contributed by atoms with Crippen molar-refractivity contribution < 1.29 is 28.2 Å². The van der Waals surface area contributed by atoms with E-state index in [1.54, 1.807) is 0 Å². The zero-order valence-corrected chi connectivity index (χ0v) is 8.78. The first-order valence-corrected chi connectivity index (χ1v) is 4.84. The normalized spacial score (nSPS) is 11.7. The molecule has 1 N–H and O–H groups in total. The van der Waals surface area contributed by atoms with Gasteiger partial charge in [0, 0.05) is 0 Å². The van der Waals surface area contributed by atoms with Crippen LogP contribution in [0.3, 0.4) is 0 Å². The van der Waals surface area contributed by atoms with Gasteiger partial charge >= 0.3 is 12.1 Å². The Morgan fingerprint density at radius 2 is 1.78 bits per heavy atom. The van der Waals surface area contributed by atoms with Crippen molar-refractivity contribution in [2.24, 2.45) is 0 Å². The van der Waals surface area contributed by atoms with Crippen LogP contribution in [0.4, 0.5) is 13.2 Å². The lowest BCUT2D eigenvalue weighted by Gasteiger charge is -2.13. The van der Waals surface area contributed by atoms with Crippen LogP contribution >= 0.6 is 0 Å². The number of hydrogen-bond donors (Lipinski definition) is 1. The molecule has 2 aromatic carbocycles. The van der Waals surface area contributed by atoms with Gasteiger partial charge in [0.1, 0.15) is 0 Å². The molecule has 3 nitrogen and oxygen atoms in total. The number of benzene rings is 2. The SMILES string of the molecule is O=C(O)c1cc2cc(C(F)(F)F)ccc2cc1[O-]. The predicted octanol–water partition coefficient (Wildman–Crippen LogP) is 2.63. The molecule has 0 aromatic heterocycles. The third-order valence-electron chi connectivity index (χ3n) is 2.50. The first-order chi connectivity index (χ1) is 8.29. The van der Waals surface area contributed by atoms with Crippen molar-refractivity contribution in [3.05, 3.63) is 41.5 Å². The molecule has 0 heterocycles. The highest BCUT2D eigenvalue weighted by Crippen LogP contribution is 2.32. The lowest BCUT2D eigenvalue weighted by Crippen LogP contribution is -2.06. The third-order valence-corrected chi connectivity index (χ3v) is 2.50. The molecule has 6 heteroatoms. The molecule has 0 saturated carbocycles. The second kappa shape index (κ2) is 3.90. The third kappa shape index (κ3) is 2.09. The molecular weight excluding hydrogens is 249 g/mol. The molecule has 0 unspecified atom stereocenters. The van der Waals surface area contributed by atoms with E-state index in [4.69, 9.17) is 5.11 Å². The lowest BCUT2D eigenvalue weighted by atomic mass is 10.0. The van der Waals surface area contributed by atoms with Gasteiger partial charge in [0.15, 0.2) is 0 Å². The zero-order chi connectivity index (χ0) is 13.5. The fourth-order valence-electron chi connectivity index (χ4n) is 1.62. The maximum atomic E-state index is 12.5. The van der Waals surface area contributed by atoms with E-state index in [0.717, 1.165) is 30.3 Å². The topological polar surface area (TPSA) is 60.4 Å². The summed E-state index contributed by atoms with van der Waals surface area (Å²) in [7, 11) is 0. The fourth-order valence-corrected chi connectivity index (χ4v) is 1.62. The van der Waals surface area contributed by atoms with Crippen molar-refractivity contribution in [1.29, 1.82) is 0 Å². The Morgan fingerprint density at radius 3 is 2.33 bits per heavy atom. The Hall–Kier alpha value is -2.24. The number of halogens is 3. The van der Waals surface area contributed by atoms with E-state index in [1.807, 2.05) is 0 Å². The van der Waals surface area contributed by atoms with E-state index >= 15 is 0 Å². The van der Waals surface area contributed by atoms with Gasteiger partial charge in [-0.1, -0.05) is 17.9 Å². The van der Waals surface area contributed by atoms with Crippen LogP contribution in [-0.4, -0.2) is 11.1 Å². The van der Waals surface area contributed by atoms with Crippen molar-refractivity contribution in [3.8, 4) is 5.75 Å². The van der Waals surface area contributed by atoms with Gasteiger partial charge in [0.05, 0.1) is 11.1 Å². The average Bonchev–Trinajstić information content (AvgIpc) is 2.25. The summed E-state index contributed by atoms with van der Waals surface area (Å²) < 4.78 is 37.4. The highest BCUT2D eigenvalue weighted by molar-refractivity contribution is 5.97. The van der Waals surface area contributed by atoms with Gasteiger partial charge in [-0.2, -0.15) is 13.2 Å². The highest BCUT2D eigenvalue weighted by Gasteiger charge is 2.30. The maximum Gasteiger partial charge on any atom is 0.416 e. The molecule has 0 amide bonds. The summed E-state index contributed by atoms with van der Waals surface area (Å²) in [5, 5.41) is 20.4. The first kappa shape index (κ1) is 12.2. The Labute approximate surface area is 99.1 Å². The molecule has 0 aliphatic carbocycles. The number of carboxylic acids is 1. The molecular formula is C12H6F3O3-. The van der Waals surface area contributed by atoms with Gasteiger partial charge in [-0.25, -0.2) is 4.79 Å².